The van der Waals surface area contributed by atoms with Crippen LogP contribution in [0.3, 0.4) is 0 Å². The van der Waals surface area contributed by atoms with E-state index in [0.717, 1.165) is 45.6 Å². The van der Waals surface area contributed by atoms with Gasteiger partial charge >= 0.3 is 6.01 Å². The zero-order valence-corrected chi connectivity index (χ0v) is 22.6. The topological polar surface area (TPSA) is 99.6 Å². The number of anilines is 1. The van der Waals surface area contributed by atoms with Crippen LogP contribution in [0.25, 0.3) is 11.3 Å². The second-order valence-electron chi connectivity index (χ2n) is 11.3. The number of aromatic amines is 1. The number of rotatable bonds is 4. The van der Waals surface area contributed by atoms with Crippen LogP contribution < -0.4 is 9.64 Å². The van der Waals surface area contributed by atoms with Crippen molar-refractivity contribution in [2.24, 2.45) is 0 Å². The number of hydrogen-bond acceptors (Lipinski definition) is 8. The highest BCUT2D eigenvalue weighted by molar-refractivity contribution is 14.1. The van der Waals surface area contributed by atoms with Crippen LogP contribution in [0.2, 0.25) is 0 Å². The van der Waals surface area contributed by atoms with E-state index in [1.54, 1.807) is 6.92 Å². The summed E-state index contributed by atoms with van der Waals surface area (Å²) in [6.07, 6.45) is 1.67. The Hall–Kier alpha value is -1.57. The Labute approximate surface area is 217 Å². The van der Waals surface area contributed by atoms with E-state index in [0.29, 0.717) is 51.1 Å². The number of aliphatic hydroxyl groups is 1. The van der Waals surface area contributed by atoms with E-state index in [4.69, 9.17) is 19.4 Å². The third-order valence-electron chi connectivity index (χ3n) is 8.03. The number of H-pyrrole nitrogens is 1. The Bertz CT molecular complexity index is 1160. The fourth-order valence-electron chi connectivity index (χ4n) is 6.41. The summed E-state index contributed by atoms with van der Waals surface area (Å²) in [6, 6.07) is 0.296. The number of alkyl halides is 1. The molecule has 0 saturated carbocycles. The minimum absolute atomic E-state index is 0.264. The molecule has 0 radical (unpaired) electrons. The summed E-state index contributed by atoms with van der Waals surface area (Å²) in [4.78, 5) is 14.1. The van der Waals surface area contributed by atoms with Gasteiger partial charge in [0.05, 0.1) is 36.6 Å². The fraction of sp³-hybridized carbons (Fsp3) is 0.708. The maximum absolute atomic E-state index is 14.3. The van der Waals surface area contributed by atoms with Crippen LogP contribution >= 0.6 is 22.6 Å². The molecule has 0 amide bonds. The number of aromatic nitrogens is 4. The van der Waals surface area contributed by atoms with Gasteiger partial charge in [0.1, 0.15) is 33.6 Å². The number of hydrogen-bond donors (Lipinski definition) is 2. The zero-order valence-electron chi connectivity index (χ0n) is 20.4. The largest absolute Gasteiger partial charge is 0.461 e. The molecule has 3 fully saturated rings. The summed E-state index contributed by atoms with van der Waals surface area (Å²) in [5.74, 6) is 0.695. The zero-order chi connectivity index (χ0) is 24.6. The van der Waals surface area contributed by atoms with Crippen molar-refractivity contribution in [3.8, 4) is 17.3 Å². The maximum Gasteiger partial charge on any atom is 0.318 e. The van der Waals surface area contributed by atoms with Crippen molar-refractivity contribution >= 4 is 28.4 Å². The second-order valence-corrected chi connectivity index (χ2v) is 12.4. The molecule has 35 heavy (non-hydrogen) atoms. The first-order valence-electron chi connectivity index (χ1n) is 12.3. The van der Waals surface area contributed by atoms with E-state index in [1.165, 1.54) is 0 Å². The summed E-state index contributed by atoms with van der Waals surface area (Å²) in [6.45, 7) is 9.51. The second kappa shape index (κ2) is 8.22. The van der Waals surface area contributed by atoms with Crippen molar-refractivity contribution < 1.29 is 19.0 Å². The van der Waals surface area contributed by atoms with Crippen molar-refractivity contribution in [3.05, 3.63) is 15.0 Å². The number of fused-ring (bicyclic) bond motifs is 4. The van der Waals surface area contributed by atoms with Crippen molar-refractivity contribution in [3.63, 3.8) is 0 Å². The van der Waals surface area contributed by atoms with E-state index < -0.39 is 17.2 Å². The Morgan fingerprint density at radius 1 is 1.29 bits per heavy atom. The van der Waals surface area contributed by atoms with E-state index in [2.05, 4.69) is 56.4 Å². The van der Waals surface area contributed by atoms with Crippen LogP contribution in [0.15, 0.2) is 0 Å². The molecule has 0 unspecified atom stereocenters. The lowest BCUT2D eigenvalue weighted by Gasteiger charge is -2.32. The van der Waals surface area contributed by atoms with E-state index in [1.807, 2.05) is 0 Å². The summed E-state index contributed by atoms with van der Waals surface area (Å²) >= 11 is 2.28. The van der Waals surface area contributed by atoms with Gasteiger partial charge in [-0.15, -0.1) is 0 Å². The van der Waals surface area contributed by atoms with Crippen molar-refractivity contribution in [1.29, 1.82) is 0 Å². The molecule has 2 aromatic rings. The van der Waals surface area contributed by atoms with Crippen molar-refractivity contribution in [2.45, 2.75) is 62.8 Å². The molecular weight excluding hydrogens is 566 g/mol. The molecule has 1 aliphatic carbocycles. The molecule has 190 valence electrons. The molecule has 0 aromatic carbocycles. The Balaban J connectivity index is 1.42. The predicted molar refractivity (Wildman–Crippen MR) is 137 cm³/mol. The molecular formula is C24H32FIN6O3. The molecule has 6 rings (SSSR count). The lowest BCUT2D eigenvalue weighted by Crippen LogP contribution is -2.44. The lowest BCUT2D eigenvalue weighted by molar-refractivity contribution is -0.0123. The summed E-state index contributed by atoms with van der Waals surface area (Å²) < 4.78 is 27.2. The van der Waals surface area contributed by atoms with E-state index in [9.17, 15) is 9.50 Å². The van der Waals surface area contributed by atoms with Crippen LogP contribution in [0, 0.1) is 3.70 Å². The first-order valence-corrected chi connectivity index (χ1v) is 13.4. The van der Waals surface area contributed by atoms with Gasteiger partial charge < -0.3 is 19.5 Å². The number of halogens is 2. The van der Waals surface area contributed by atoms with Gasteiger partial charge in [-0.3, -0.25) is 10.00 Å². The van der Waals surface area contributed by atoms with Crippen molar-refractivity contribution in [1.82, 2.24) is 25.1 Å². The van der Waals surface area contributed by atoms with Gasteiger partial charge in [0.2, 0.25) is 0 Å². The minimum atomic E-state index is -1.02. The molecule has 2 aromatic heterocycles. The Morgan fingerprint density at radius 2 is 2.11 bits per heavy atom. The van der Waals surface area contributed by atoms with Gasteiger partial charge in [-0.2, -0.15) is 15.1 Å². The smallest absolute Gasteiger partial charge is 0.318 e. The Morgan fingerprint density at radius 3 is 2.94 bits per heavy atom. The fourth-order valence-corrected chi connectivity index (χ4v) is 7.46. The van der Waals surface area contributed by atoms with E-state index in [-0.39, 0.29) is 12.1 Å². The number of ether oxygens (including phenoxy) is 2. The summed E-state index contributed by atoms with van der Waals surface area (Å²) in [5, 5.41) is 18.6. The molecule has 0 spiro atoms. The number of nitrogens with one attached hydrogen (secondary N) is 1. The Kier molecular flexibility index (Phi) is 5.59. The molecule has 3 aliphatic heterocycles. The monoisotopic (exact) mass is 598 g/mol. The standard InChI is InChI=1S/C24H32FIN6O3/c1-22(2)16-17(29-30-19(16)26)15-18(22)27-21(28-20(15)31-7-8-34-12-23(3,33)11-31)35-13-24-5-4-6-32(24)10-14(25)9-24/h14,33H,4-13H2,1-3H3,(H,29,30)/t14-,23+,24+/m1/s1. The quantitative estimate of drug-likeness (QED) is 0.519. The van der Waals surface area contributed by atoms with Crippen LogP contribution in [-0.4, -0.2) is 93.5 Å². The van der Waals surface area contributed by atoms with E-state index >= 15 is 0 Å². The lowest BCUT2D eigenvalue weighted by atomic mass is 9.87. The van der Waals surface area contributed by atoms with Gasteiger partial charge in [0.15, 0.2) is 0 Å². The minimum Gasteiger partial charge on any atom is -0.461 e. The molecule has 3 saturated heterocycles. The molecule has 4 aliphatic rings. The summed E-state index contributed by atoms with van der Waals surface area (Å²) in [5.41, 5.74) is 1.98. The van der Waals surface area contributed by atoms with Gasteiger partial charge in [0.25, 0.3) is 0 Å². The van der Waals surface area contributed by atoms with Gasteiger partial charge in [-0.1, -0.05) is 0 Å². The maximum atomic E-state index is 14.3. The molecule has 9 nitrogen and oxygen atoms in total. The first kappa shape index (κ1) is 23.8. The number of β-amino-alcohol motifs (C(OH)–C–C–N with tert-alkyl or cyclic N) is 1. The molecule has 2 N–H and O–H groups in total. The van der Waals surface area contributed by atoms with Gasteiger partial charge in [-0.05, 0) is 62.7 Å². The van der Waals surface area contributed by atoms with Crippen LogP contribution in [0.4, 0.5) is 10.2 Å². The average molecular weight is 598 g/mol. The molecule has 0 bridgehead atoms. The van der Waals surface area contributed by atoms with Gasteiger partial charge in [0, 0.05) is 30.5 Å². The van der Waals surface area contributed by atoms with Crippen molar-refractivity contribution in [2.75, 3.05) is 50.9 Å². The highest BCUT2D eigenvalue weighted by Gasteiger charge is 2.50. The SMILES string of the molecule is CC1(C)c2nc(OC[C@@]34CCCN3C[C@H](F)C4)nc(N3CCOC[C@@](C)(O)C3)c2-c2n[nH]c(I)c21. The molecule has 11 heteroatoms. The van der Waals surface area contributed by atoms with Crippen LogP contribution in [-0.2, 0) is 10.2 Å². The normalized spacial score (nSPS) is 31.8. The molecule has 5 heterocycles. The highest BCUT2D eigenvalue weighted by Crippen LogP contribution is 2.52. The third-order valence-corrected chi connectivity index (χ3v) is 8.81. The first-order chi connectivity index (χ1) is 16.6. The van der Waals surface area contributed by atoms with Crippen LogP contribution in [0.1, 0.15) is 51.3 Å². The third kappa shape index (κ3) is 3.84. The predicted octanol–water partition coefficient (Wildman–Crippen LogP) is 2.65. The van der Waals surface area contributed by atoms with Gasteiger partial charge in [-0.25, -0.2) is 4.39 Å². The molecule has 3 atom stereocenters. The highest BCUT2D eigenvalue weighted by atomic mass is 127. The number of nitrogens with zero attached hydrogens (tertiary/aromatic N) is 5. The van der Waals surface area contributed by atoms with Crippen LogP contribution in [0.5, 0.6) is 6.01 Å². The summed E-state index contributed by atoms with van der Waals surface area (Å²) in [7, 11) is 0. The average Bonchev–Trinajstić information content (AvgIpc) is 3.46.